The van der Waals surface area contributed by atoms with Crippen molar-refractivity contribution in [1.29, 1.82) is 5.26 Å². The third kappa shape index (κ3) is 6.20. The van der Waals surface area contributed by atoms with Crippen LogP contribution in [0, 0.1) is 17.1 Å². The molecule has 0 spiro atoms. The summed E-state index contributed by atoms with van der Waals surface area (Å²) in [5, 5.41) is 18.2. The first-order chi connectivity index (χ1) is 16.9. The van der Waals surface area contributed by atoms with Crippen LogP contribution in [0.15, 0.2) is 47.3 Å². The van der Waals surface area contributed by atoms with Crippen molar-refractivity contribution in [3.05, 3.63) is 64.3 Å². The molecule has 1 aromatic heterocycles. The number of benzene rings is 2. The zero-order valence-corrected chi connectivity index (χ0v) is 19.5. The van der Waals surface area contributed by atoms with Gasteiger partial charge in [-0.3, -0.25) is 9.36 Å². The van der Waals surface area contributed by atoms with E-state index in [-0.39, 0.29) is 23.1 Å². The van der Waals surface area contributed by atoms with Gasteiger partial charge in [-0.25, -0.2) is 9.18 Å². The Morgan fingerprint density at radius 3 is 2.39 bits per heavy atom. The number of ether oxygens (including phenoxy) is 1. The van der Waals surface area contributed by atoms with E-state index in [1.54, 1.807) is 34.9 Å². The van der Waals surface area contributed by atoms with Crippen LogP contribution in [-0.4, -0.2) is 54.0 Å². The molecule has 1 N–H and O–H groups in total. The molecule has 0 aliphatic heterocycles. The number of aromatic nitrogens is 1. The third-order valence-electron chi connectivity index (χ3n) is 5.37. The molecule has 3 aromatic rings. The second kappa shape index (κ2) is 10.8. The standard InChI is InChI=1S/C23H22FN3O2.C2HF3O2/c1-26(2)10-11-29-18-8-9-19-20(13-18)22(15-4-3-5-16(24)12-15)21(14-25)27(23(19)28)17-6-7-17;3-2(4,5)1(6)7/h3-5,8-9,12-13,17H,6-7,10-11H2,1-2H3;(H,6,7). The minimum atomic E-state index is -5.08. The highest BCUT2D eigenvalue weighted by Crippen LogP contribution is 2.39. The number of alkyl halides is 3. The van der Waals surface area contributed by atoms with Crippen molar-refractivity contribution in [1.82, 2.24) is 9.47 Å². The van der Waals surface area contributed by atoms with Crippen LogP contribution in [0.25, 0.3) is 21.9 Å². The van der Waals surface area contributed by atoms with Gasteiger partial charge in [0.2, 0.25) is 0 Å². The van der Waals surface area contributed by atoms with Crippen LogP contribution >= 0.6 is 0 Å². The van der Waals surface area contributed by atoms with Crippen LogP contribution in [-0.2, 0) is 4.79 Å². The topological polar surface area (TPSA) is 95.6 Å². The molecule has 0 unspecified atom stereocenters. The maximum Gasteiger partial charge on any atom is 0.490 e. The Bertz CT molecular complexity index is 1370. The van der Waals surface area contributed by atoms with E-state index in [9.17, 15) is 27.6 Å². The molecule has 36 heavy (non-hydrogen) atoms. The quantitative estimate of drug-likeness (QED) is 0.493. The number of pyridine rings is 1. The fourth-order valence-corrected chi connectivity index (χ4v) is 3.56. The molecule has 0 saturated heterocycles. The fourth-order valence-electron chi connectivity index (χ4n) is 3.56. The zero-order valence-electron chi connectivity index (χ0n) is 19.5. The summed E-state index contributed by atoms with van der Waals surface area (Å²) in [7, 11) is 3.93. The number of carboxylic acid groups (broad SMARTS) is 1. The number of aliphatic carboxylic acids is 1. The van der Waals surface area contributed by atoms with Crippen LogP contribution < -0.4 is 10.3 Å². The number of hydrogen-bond donors (Lipinski definition) is 1. The third-order valence-corrected chi connectivity index (χ3v) is 5.37. The highest BCUT2D eigenvalue weighted by Gasteiger charge is 2.38. The molecule has 1 aliphatic carbocycles. The van der Waals surface area contributed by atoms with E-state index in [0.717, 1.165) is 19.4 Å². The maximum absolute atomic E-state index is 14.0. The lowest BCUT2D eigenvalue weighted by molar-refractivity contribution is -0.192. The van der Waals surface area contributed by atoms with E-state index in [1.807, 2.05) is 19.0 Å². The number of halogens is 4. The second-order valence-electron chi connectivity index (χ2n) is 8.41. The molecule has 0 amide bonds. The summed E-state index contributed by atoms with van der Waals surface area (Å²) in [4.78, 5) is 24.1. The molecule has 1 aliphatic rings. The minimum absolute atomic E-state index is 0.0323. The van der Waals surface area contributed by atoms with Crippen molar-refractivity contribution in [2.24, 2.45) is 0 Å². The van der Waals surface area contributed by atoms with E-state index in [2.05, 4.69) is 6.07 Å². The van der Waals surface area contributed by atoms with Gasteiger partial charge in [-0.2, -0.15) is 18.4 Å². The molecule has 0 radical (unpaired) electrons. The average Bonchev–Trinajstić information content (AvgIpc) is 3.63. The summed E-state index contributed by atoms with van der Waals surface area (Å²) in [5.74, 6) is -2.53. The van der Waals surface area contributed by atoms with Gasteiger partial charge in [0.25, 0.3) is 5.56 Å². The number of rotatable bonds is 6. The first-order valence-corrected chi connectivity index (χ1v) is 10.9. The summed E-state index contributed by atoms with van der Waals surface area (Å²) >= 11 is 0. The summed E-state index contributed by atoms with van der Waals surface area (Å²) in [5.41, 5.74) is 1.25. The van der Waals surface area contributed by atoms with Gasteiger partial charge in [0, 0.05) is 28.9 Å². The van der Waals surface area contributed by atoms with E-state index >= 15 is 0 Å². The summed E-state index contributed by atoms with van der Waals surface area (Å²) < 4.78 is 53.1. The predicted octanol–water partition coefficient (Wildman–Crippen LogP) is 4.59. The largest absolute Gasteiger partial charge is 0.492 e. The normalized spacial score (nSPS) is 13.2. The SMILES string of the molecule is CN(C)CCOc1ccc2c(=O)n(C3CC3)c(C#N)c(-c3cccc(F)c3)c2c1.O=C(O)C(F)(F)F. The lowest BCUT2D eigenvalue weighted by Crippen LogP contribution is -2.23. The molecule has 0 atom stereocenters. The molecule has 1 saturated carbocycles. The van der Waals surface area contributed by atoms with Crippen LogP contribution in [0.2, 0.25) is 0 Å². The van der Waals surface area contributed by atoms with Crippen molar-refractivity contribution in [2.45, 2.75) is 25.1 Å². The highest BCUT2D eigenvalue weighted by molar-refractivity contribution is 5.99. The van der Waals surface area contributed by atoms with Crippen LogP contribution in [0.3, 0.4) is 0 Å². The van der Waals surface area contributed by atoms with Gasteiger partial charge in [0.15, 0.2) is 0 Å². The van der Waals surface area contributed by atoms with E-state index in [0.29, 0.717) is 34.3 Å². The molecule has 2 aromatic carbocycles. The number of likely N-dealkylation sites (N-methyl/N-ethyl adjacent to an activating group) is 1. The number of hydrogen-bond acceptors (Lipinski definition) is 5. The zero-order chi connectivity index (χ0) is 26.6. The lowest BCUT2D eigenvalue weighted by atomic mass is 9.96. The van der Waals surface area contributed by atoms with Gasteiger partial charge in [-0.05, 0) is 62.8 Å². The molecular weight excluding hydrogens is 482 g/mol. The molecule has 190 valence electrons. The number of carboxylic acids is 1. The van der Waals surface area contributed by atoms with Crippen LogP contribution in [0.4, 0.5) is 17.6 Å². The fraction of sp³-hybridized carbons (Fsp3) is 0.320. The first-order valence-electron chi connectivity index (χ1n) is 10.9. The number of fused-ring (bicyclic) bond motifs is 1. The first kappa shape index (κ1) is 26.7. The van der Waals surface area contributed by atoms with Gasteiger partial charge in [-0.15, -0.1) is 0 Å². The van der Waals surface area contributed by atoms with Crippen molar-refractivity contribution in [2.75, 3.05) is 27.2 Å². The molecule has 11 heteroatoms. The van der Waals surface area contributed by atoms with Crippen LogP contribution in [0.1, 0.15) is 24.6 Å². The van der Waals surface area contributed by atoms with Crippen molar-refractivity contribution < 1.29 is 32.2 Å². The minimum Gasteiger partial charge on any atom is -0.492 e. The average molecular weight is 505 g/mol. The smallest absolute Gasteiger partial charge is 0.490 e. The van der Waals surface area contributed by atoms with E-state index in [4.69, 9.17) is 14.6 Å². The summed E-state index contributed by atoms with van der Waals surface area (Å²) in [6.07, 6.45) is -3.34. The van der Waals surface area contributed by atoms with E-state index in [1.165, 1.54) is 12.1 Å². The predicted molar refractivity (Wildman–Crippen MR) is 124 cm³/mol. The van der Waals surface area contributed by atoms with Gasteiger partial charge in [-0.1, -0.05) is 12.1 Å². The monoisotopic (exact) mass is 505 g/mol. The maximum atomic E-state index is 14.0. The van der Waals surface area contributed by atoms with Gasteiger partial charge in [0.05, 0.1) is 0 Å². The van der Waals surface area contributed by atoms with Crippen LogP contribution in [0.5, 0.6) is 5.75 Å². The van der Waals surface area contributed by atoms with Crippen molar-refractivity contribution >= 4 is 16.7 Å². The molecule has 1 heterocycles. The van der Waals surface area contributed by atoms with Gasteiger partial charge >= 0.3 is 12.1 Å². The Balaban J connectivity index is 0.000000454. The Labute approximate surface area is 203 Å². The summed E-state index contributed by atoms with van der Waals surface area (Å²) in [6, 6.07) is 13.7. The second-order valence-corrected chi connectivity index (χ2v) is 8.41. The van der Waals surface area contributed by atoms with Crippen molar-refractivity contribution in [3.63, 3.8) is 0 Å². The number of nitrogens with zero attached hydrogens (tertiary/aromatic N) is 3. The Hall–Kier alpha value is -3.91. The van der Waals surface area contributed by atoms with E-state index < -0.39 is 12.1 Å². The number of nitriles is 1. The Morgan fingerprint density at radius 1 is 1.19 bits per heavy atom. The number of carbonyl (C=O) groups is 1. The van der Waals surface area contributed by atoms with Gasteiger partial charge < -0.3 is 14.7 Å². The highest BCUT2D eigenvalue weighted by atomic mass is 19.4. The molecule has 0 bridgehead atoms. The lowest BCUT2D eigenvalue weighted by Gasteiger charge is -2.17. The Morgan fingerprint density at radius 2 is 1.86 bits per heavy atom. The molecule has 1 fully saturated rings. The Kier molecular flexibility index (Phi) is 8.00. The molecule has 7 nitrogen and oxygen atoms in total. The molecule has 4 rings (SSSR count). The van der Waals surface area contributed by atoms with Crippen molar-refractivity contribution in [3.8, 4) is 22.9 Å². The molecular formula is C25H23F4N3O4. The van der Waals surface area contributed by atoms with Gasteiger partial charge in [0.1, 0.15) is 29.9 Å². The summed E-state index contributed by atoms with van der Waals surface area (Å²) in [6.45, 7) is 1.25.